The molecule has 6 heteroatoms. The Kier molecular flexibility index (Phi) is 4.39. The Bertz CT molecular complexity index is 985. The van der Waals surface area contributed by atoms with Gasteiger partial charge in [0.15, 0.2) is 9.84 Å². The molecule has 3 nitrogen and oxygen atoms in total. The minimum absolute atomic E-state index is 0.247. The number of benzene rings is 2. The molecule has 0 aliphatic heterocycles. The van der Waals surface area contributed by atoms with Gasteiger partial charge in [-0.05, 0) is 54.1 Å². The molecule has 1 aromatic heterocycles. The molecule has 24 heavy (non-hydrogen) atoms. The van der Waals surface area contributed by atoms with Crippen LogP contribution in [-0.2, 0) is 9.84 Å². The van der Waals surface area contributed by atoms with E-state index in [-0.39, 0.29) is 10.7 Å². The molecule has 0 aliphatic rings. The zero-order valence-corrected chi connectivity index (χ0v) is 14.3. The zero-order valence-electron chi connectivity index (χ0n) is 12.7. The largest absolute Gasteiger partial charge is 0.235 e. The molecule has 0 N–H and O–H groups in total. The molecule has 3 aromatic rings. The van der Waals surface area contributed by atoms with E-state index in [4.69, 9.17) is 11.6 Å². The summed E-state index contributed by atoms with van der Waals surface area (Å²) in [6, 6.07) is 16.0. The van der Waals surface area contributed by atoms with Gasteiger partial charge >= 0.3 is 0 Å². The first-order valence-electron chi connectivity index (χ1n) is 7.07. The van der Waals surface area contributed by atoms with Crippen LogP contribution in [0.1, 0.15) is 0 Å². The average molecular weight is 362 g/mol. The van der Waals surface area contributed by atoms with Crippen molar-refractivity contribution in [3.8, 4) is 22.4 Å². The third-order valence-electron chi connectivity index (χ3n) is 3.57. The summed E-state index contributed by atoms with van der Waals surface area (Å²) in [6.45, 7) is 0. The van der Waals surface area contributed by atoms with Gasteiger partial charge in [-0.1, -0.05) is 23.7 Å². The van der Waals surface area contributed by atoms with Crippen molar-refractivity contribution in [1.29, 1.82) is 0 Å². The summed E-state index contributed by atoms with van der Waals surface area (Å²) in [5.41, 5.74) is 2.91. The summed E-state index contributed by atoms with van der Waals surface area (Å²) < 4.78 is 36.3. The van der Waals surface area contributed by atoms with Crippen LogP contribution in [0.15, 0.2) is 65.6 Å². The third kappa shape index (κ3) is 3.47. The molecule has 0 saturated carbocycles. The monoisotopic (exact) mass is 361 g/mol. The van der Waals surface area contributed by atoms with E-state index < -0.39 is 9.84 Å². The van der Waals surface area contributed by atoms with Crippen molar-refractivity contribution < 1.29 is 12.8 Å². The Balaban J connectivity index is 2.13. The topological polar surface area (TPSA) is 47.0 Å². The second kappa shape index (κ2) is 6.34. The van der Waals surface area contributed by atoms with Gasteiger partial charge in [0.1, 0.15) is 11.0 Å². The SMILES string of the molecule is CS(=O)(=O)c1ccc(-c2ccc(Cl)nc2-c2ccc(F)cc2)cc1. The Morgan fingerprint density at radius 1 is 0.875 bits per heavy atom. The lowest BCUT2D eigenvalue weighted by molar-refractivity contribution is 0.602. The van der Waals surface area contributed by atoms with Crippen molar-refractivity contribution in [3.05, 3.63) is 71.6 Å². The fourth-order valence-corrected chi connectivity index (χ4v) is 3.16. The van der Waals surface area contributed by atoms with Crippen LogP contribution in [0.25, 0.3) is 22.4 Å². The van der Waals surface area contributed by atoms with Gasteiger partial charge in [-0.2, -0.15) is 0 Å². The van der Waals surface area contributed by atoms with Crippen LogP contribution in [0, 0.1) is 5.82 Å². The van der Waals surface area contributed by atoms with E-state index in [1.165, 1.54) is 12.1 Å². The average Bonchev–Trinajstić information content (AvgIpc) is 2.55. The second-order valence-electron chi connectivity index (χ2n) is 5.33. The number of halogens is 2. The van der Waals surface area contributed by atoms with Crippen molar-refractivity contribution in [2.75, 3.05) is 6.26 Å². The lowest BCUT2D eigenvalue weighted by atomic mass is 9.99. The molecule has 0 bridgehead atoms. The molecular formula is C18H13ClFNO2S. The number of hydrogen-bond acceptors (Lipinski definition) is 3. The number of hydrogen-bond donors (Lipinski definition) is 0. The van der Waals surface area contributed by atoms with E-state index in [2.05, 4.69) is 4.98 Å². The fourth-order valence-electron chi connectivity index (χ4n) is 2.38. The predicted molar refractivity (Wildman–Crippen MR) is 93.2 cm³/mol. The van der Waals surface area contributed by atoms with Gasteiger partial charge in [0.25, 0.3) is 0 Å². The van der Waals surface area contributed by atoms with E-state index >= 15 is 0 Å². The molecular weight excluding hydrogens is 349 g/mol. The molecule has 0 aliphatic carbocycles. The summed E-state index contributed by atoms with van der Waals surface area (Å²) in [5, 5.41) is 0.325. The fraction of sp³-hybridized carbons (Fsp3) is 0.0556. The molecule has 0 atom stereocenters. The Hall–Kier alpha value is -2.24. The summed E-state index contributed by atoms with van der Waals surface area (Å²) in [4.78, 5) is 4.59. The summed E-state index contributed by atoms with van der Waals surface area (Å²) >= 11 is 6.01. The van der Waals surface area contributed by atoms with E-state index in [0.717, 1.165) is 22.9 Å². The number of rotatable bonds is 3. The van der Waals surface area contributed by atoms with Crippen molar-refractivity contribution >= 4 is 21.4 Å². The first-order valence-corrected chi connectivity index (χ1v) is 9.34. The molecule has 1 heterocycles. The van der Waals surface area contributed by atoms with Gasteiger partial charge in [0.05, 0.1) is 10.6 Å². The lowest BCUT2D eigenvalue weighted by Gasteiger charge is -2.10. The van der Waals surface area contributed by atoms with Crippen LogP contribution in [0.3, 0.4) is 0 Å². The van der Waals surface area contributed by atoms with E-state index in [1.807, 2.05) is 6.07 Å². The van der Waals surface area contributed by atoms with Gasteiger partial charge in [-0.15, -0.1) is 0 Å². The van der Waals surface area contributed by atoms with E-state index in [9.17, 15) is 12.8 Å². The van der Waals surface area contributed by atoms with Gasteiger partial charge in [0.2, 0.25) is 0 Å². The normalized spacial score (nSPS) is 11.5. The maximum atomic E-state index is 13.2. The zero-order chi connectivity index (χ0) is 17.3. The van der Waals surface area contributed by atoms with Crippen LogP contribution in [0.2, 0.25) is 5.15 Å². The molecule has 3 rings (SSSR count). The highest BCUT2D eigenvalue weighted by Gasteiger charge is 2.12. The molecule has 2 aromatic carbocycles. The van der Waals surface area contributed by atoms with Crippen molar-refractivity contribution in [2.45, 2.75) is 4.90 Å². The molecule has 0 fully saturated rings. The van der Waals surface area contributed by atoms with E-state index in [0.29, 0.717) is 10.8 Å². The van der Waals surface area contributed by atoms with E-state index in [1.54, 1.807) is 42.5 Å². The van der Waals surface area contributed by atoms with Crippen LogP contribution in [0.4, 0.5) is 4.39 Å². The number of sulfone groups is 1. The standard InChI is InChI=1S/C18H13ClFNO2S/c1-24(22,23)15-8-4-12(5-9-15)16-10-11-17(19)21-18(16)13-2-6-14(20)7-3-13/h2-11H,1H3. The molecule has 122 valence electrons. The van der Waals surface area contributed by atoms with Crippen LogP contribution in [-0.4, -0.2) is 19.7 Å². The van der Waals surface area contributed by atoms with Crippen molar-refractivity contribution in [3.63, 3.8) is 0 Å². The summed E-state index contributed by atoms with van der Waals surface area (Å²) in [5.74, 6) is -0.333. The number of pyridine rings is 1. The first-order chi connectivity index (χ1) is 11.3. The number of nitrogens with zero attached hydrogens (tertiary/aromatic N) is 1. The predicted octanol–water partition coefficient (Wildman–Crippen LogP) is 4.61. The highest BCUT2D eigenvalue weighted by atomic mass is 35.5. The smallest absolute Gasteiger partial charge is 0.175 e. The maximum absolute atomic E-state index is 13.2. The summed E-state index contributed by atoms with van der Waals surface area (Å²) in [7, 11) is -3.25. The Labute approximate surface area is 144 Å². The first kappa shape index (κ1) is 16.6. The minimum Gasteiger partial charge on any atom is -0.235 e. The van der Waals surface area contributed by atoms with Gasteiger partial charge < -0.3 is 0 Å². The summed E-state index contributed by atoms with van der Waals surface area (Å²) in [6.07, 6.45) is 1.16. The van der Waals surface area contributed by atoms with Gasteiger partial charge in [-0.25, -0.2) is 17.8 Å². The Morgan fingerprint density at radius 2 is 1.46 bits per heavy atom. The van der Waals surface area contributed by atoms with Crippen LogP contribution < -0.4 is 0 Å². The molecule has 0 radical (unpaired) electrons. The molecule has 0 amide bonds. The highest BCUT2D eigenvalue weighted by molar-refractivity contribution is 7.90. The van der Waals surface area contributed by atoms with Crippen LogP contribution >= 0.6 is 11.6 Å². The lowest BCUT2D eigenvalue weighted by Crippen LogP contribution is -1.96. The molecule has 0 spiro atoms. The maximum Gasteiger partial charge on any atom is 0.175 e. The minimum atomic E-state index is -3.25. The van der Waals surface area contributed by atoms with Crippen LogP contribution in [0.5, 0.6) is 0 Å². The van der Waals surface area contributed by atoms with Crippen molar-refractivity contribution in [1.82, 2.24) is 4.98 Å². The van der Waals surface area contributed by atoms with Gasteiger partial charge in [0, 0.05) is 17.4 Å². The Morgan fingerprint density at radius 3 is 2.04 bits per heavy atom. The highest BCUT2D eigenvalue weighted by Crippen LogP contribution is 2.32. The third-order valence-corrected chi connectivity index (χ3v) is 4.91. The second-order valence-corrected chi connectivity index (χ2v) is 7.74. The quantitative estimate of drug-likeness (QED) is 0.640. The van der Waals surface area contributed by atoms with Crippen molar-refractivity contribution in [2.24, 2.45) is 0 Å². The number of aromatic nitrogens is 1. The molecule has 0 saturated heterocycles. The van der Waals surface area contributed by atoms with Gasteiger partial charge in [-0.3, -0.25) is 0 Å². The molecule has 0 unspecified atom stereocenters.